The maximum atomic E-state index is 5.60. The van der Waals surface area contributed by atoms with E-state index >= 15 is 0 Å². The van der Waals surface area contributed by atoms with Gasteiger partial charge in [-0.05, 0) is 25.1 Å². The van der Waals surface area contributed by atoms with Crippen LogP contribution in [0.4, 0.5) is 5.69 Å². The number of hydrogen-bond acceptors (Lipinski definition) is 3. The van der Waals surface area contributed by atoms with Gasteiger partial charge < -0.3 is 5.73 Å². The van der Waals surface area contributed by atoms with Gasteiger partial charge in [0, 0.05) is 5.69 Å². The number of thiazole rings is 1. The van der Waals surface area contributed by atoms with Crippen LogP contribution >= 0.6 is 36.2 Å². The summed E-state index contributed by atoms with van der Waals surface area (Å²) in [5, 5.41) is 1.09. The highest BCUT2D eigenvalue weighted by Gasteiger charge is 1.98. The van der Waals surface area contributed by atoms with Crippen molar-refractivity contribution in [2.24, 2.45) is 0 Å². The van der Waals surface area contributed by atoms with Crippen molar-refractivity contribution in [2.75, 3.05) is 5.73 Å². The van der Waals surface area contributed by atoms with Crippen molar-refractivity contribution in [3.8, 4) is 0 Å². The zero-order valence-electron chi connectivity index (χ0n) is 6.98. The summed E-state index contributed by atoms with van der Waals surface area (Å²) < 4.78 is 1.21. The molecule has 0 radical (unpaired) electrons. The summed E-state index contributed by atoms with van der Waals surface area (Å²) in [6.45, 7) is 2.00. The molecule has 0 spiro atoms. The molecule has 2 nitrogen and oxygen atoms in total. The normalized spacial score (nSPS) is 9.00. The second kappa shape index (κ2) is 4.65. The Labute approximate surface area is 93.0 Å². The molecule has 13 heavy (non-hydrogen) atoms. The van der Waals surface area contributed by atoms with Crippen LogP contribution in [-0.4, -0.2) is 4.98 Å². The number of anilines is 1. The fourth-order valence-electron chi connectivity index (χ4n) is 1.06. The van der Waals surface area contributed by atoms with Gasteiger partial charge in [0.05, 0.1) is 15.2 Å². The molecule has 1 aromatic heterocycles. The molecule has 1 aromatic carbocycles. The monoisotopic (exact) mass is 236 g/mol. The average molecular weight is 237 g/mol. The fraction of sp³-hybridized carbons (Fsp3) is 0.125. The fourth-order valence-corrected chi connectivity index (χ4v) is 1.87. The van der Waals surface area contributed by atoms with Crippen LogP contribution in [0.1, 0.15) is 5.01 Å². The highest BCUT2D eigenvalue weighted by Crippen LogP contribution is 2.22. The zero-order chi connectivity index (χ0) is 7.84. The molecule has 0 atom stereocenters. The quantitative estimate of drug-likeness (QED) is 0.715. The number of rotatable bonds is 0. The van der Waals surface area contributed by atoms with E-state index in [-0.39, 0.29) is 24.8 Å². The molecule has 0 aliphatic carbocycles. The van der Waals surface area contributed by atoms with E-state index < -0.39 is 0 Å². The van der Waals surface area contributed by atoms with E-state index in [1.54, 1.807) is 11.3 Å². The van der Waals surface area contributed by atoms with Gasteiger partial charge in [-0.25, -0.2) is 4.98 Å². The molecular weight excluding hydrogens is 227 g/mol. The third-order valence-electron chi connectivity index (χ3n) is 1.52. The first-order chi connectivity index (χ1) is 5.25. The van der Waals surface area contributed by atoms with Crippen molar-refractivity contribution in [3.05, 3.63) is 23.2 Å². The first-order valence-electron chi connectivity index (χ1n) is 3.38. The highest BCUT2D eigenvalue weighted by atomic mass is 35.5. The van der Waals surface area contributed by atoms with Crippen molar-refractivity contribution in [3.63, 3.8) is 0 Å². The number of hydrogen-bond donors (Lipinski definition) is 1. The van der Waals surface area contributed by atoms with Crippen LogP contribution in [-0.2, 0) is 0 Å². The number of nitrogen functional groups attached to an aromatic ring is 1. The second-order valence-electron chi connectivity index (χ2n) is 2.46. The molecule has 0 aliphatic rings. The molecule has 0 saturated heterocycles. The summed E-state index contributed by atoms with van der Waals surface area (Å²) >= 11 is 1.69. The van der Waals surface area contributed by atoms with E-state index in [1.165, 1.54) is 4.70 Å². The SMILES string of the molecule is Cc1nc2cc(N)ccc2s1.Cl.Cl. The van der Waals surface area contributed by atoms with Gasteiger partial charge in [0.2, 0.25) is 0 Å². The standard InChI is InChI=1S/C8H8N2S.2ClH/c1-5-10-7-4-6(9)2-3-8(7)11-5;;/h2-4H,9H2,1H3;2*1H. The van der Waals surface area contributed by atoms with Gasteiger partial charge in [-0.2, -0.15) is 0 Å². The number of aryl methyl sites for hydroxylation is 1. The number of aromatic nitrogens is 1. The van der Waals surface area contributed by atoms with Gasteiger partial charge >= 0.3 is 0 Å². The lowest BCUT2D eigenvalue weighted by Gasteiger charge is -1.89. The molecule has 0 saturated carbocycles. The number of benzene rings is 1. The lowest BCUT2D eigenvalue weighted by molar-refractivity contribution is 1.35. The van der Waals surface area contributed by atoms with E-state index in [1.807, 2.05) is 25.1 Å². The molecule has 0 aliphatic heterocycles. The predicted octanol–water partition coefficient (Wildman–Crippen LogP) is 3.03. The van der Waals surface area contributed by atoms with Crippen LogP contribution in [0.3, 0.4) is 0 Å². The molecule has 5 heteroatoms. The Morgan fingerprint density at radius 2 is 2.00 bits per heavy atom. The van der Waals surface area contributed by atoms with Crippen molar-refractivity contribution in [2.45, 2.75) is 6.92 Å². The van der Waals surface area contributed by atoms with Crippen LogP contribution in [0.2, 0.25) is 0 Å². The molecule has 0 unspecified atom stereocenters. The maximum absolute atomic E-state index is 5.60. The molecule has 2 aromatic rings. The summed E-state index contributed by atoms with van der Waals surface area (Å²) in [6.07, 6.45) is 0. The number of nitrogens with zero attached hydrogens (tertiary/aromatic N) is 1. The first kappa shape index (κ1) is 12.5. The van der Waals surface area contributed by atoms with Crippen LogP contribution in [0.15, 0.2) is 18.2 Å². The minimum absolute atomic E-state index is 0. The van der Waals surface area contributed by atoms with Crippen molar-refractivity contribution >= 4 is 52.1 Å². The Bertz CT molecular complexity index is 400. The highest BCUT2D eigenvalue weighted by molar-refractivity contribution is 7.18. The van der Waals surface area contributed by atoms with E-state index in [0.717, 1.165) is 16.2 Å². The van der Waals surface area contributed by atoms with Crippen molar-refractivity contribution in [1.82, 2.24) is 4.98 Å². The maximum Gasteiger partial charge on any atom is 0.0907 e. The van der Waals surface area contributed by atoms with E-state index in [9.17, 15) is 0 Å². The number of halogens is 2. The molecule has 0 fully saturated rings. The Morgan fingerprint density at radius 3 is 2.69 bits per heavy atom. The Morgan fingerprint density at radius 1 is 1.31 bits per heavy atom. The Kier molecular flexibility index (Phi) is 4.47. The van der Waals surface area contributed by atoms with Gasteiger partial charge in [-0.15, -0.1) is 36.2 Å². The van der Waals surface area contributed by atoms with E-state index in [4.69, 9.17) is 5.73 Å². The molecule has 2 N–H and O–H groups in total. The van der Waals surface area contributed by atoms with Gasteiger partial charge in [0.1, 0.15) is 0 Å². The lowest BCUT2D eigenvalue weighted by atomic mass is 10.3. The van der Waals surface area contributed by atoms with Crippen LogP contribution in [0.25, 0.3) is 10.2 Å². The van der Waals surface area contributed by atoms with E-state index in [0.29, 0.717) is 0 Å². The van der Waals surface area contributed by atoms with Crippen LogP contribution in [0, 0.1) is 6.92 Å². The van der Waals surface area contributed by atoms with Crippen LogP contribution in [0.5, 0.6) is 0 Å². The first-order valence-corrected chi connectivity index (χ1v) is 4.20. The average Bonchev–Trinajstić information content (AvgIpc) is 2.27. The largest absolute Gasteiger partial charge is 0.399 e. The molecule has 0 amide bonds. The number of fused-ring (bicyclic) bond motifs is 1. The minimum Gasteiger partial charge on any atom is -0.399 e. The van der Waals surface area contributed by atoms with Crippen molar-refractivity contribution in [1.29, 1.82) is 0 Å². The summed E-state index contributed by atoms with van der Waals surface area (Å²) in [7, 11) is 0. The van der Waals surface area contributed by atoms with Gasteiger partial charge in [0.25, 0.3) is 0 Å². The topological polar surface area (TPSA) is 38.9 Å². The predicted molar refractivity (Wildman–Crippen MR) is 63.3 cm³/mol. The second-order valence-corrected chi connectivity index (χ2v) is 3.69. The third kappa shape index (κ3) is 2.46. The van der Waals surface area contributed by atoms with Gasteiger partial charge in [-0.1, -0.05) is 0 Å². The number of nitrogens with two attached hydrogens (primary N) is 1. The van der Waals surface area contributed by atoms with Crippen LogP contribution < -0.4 is 5.73 Å². The Balaban J connectivity index is 0.000000720. The zero-order valence-corrected chi connectivity index (χ0v) is 9.43. The molecule has 0 bridgehead atoms. The summed E-state index contributed by atoms with van der Waals surface area (Å²) in [6, 6.07) is 5.81. The molecule has 1 heterocycles. The minimum atomic E-state index is 0. The Hall–Kier alpha value is -0.510. The summed E-state index contributed by atoms with van der Waals surface area (Å²) in [5.74, 6) is 0. The third-order valence-corrected chi connectivity index (χ3v) is 2.47. The summed E-state index contributed by atoms with van der Waals surface area (Å²) in [5.41, 5.74) is 7.39. The molecular formula is C8H10Cl2N2S. The van der Waals surface area contributed by atoms with Gasteiger partial charge in [-0.3, -0.25) is 0 Å². The lowest BCUT2D eigenvalue weighted by Crippen LogP contribution is -1.81. The molecule has 72 valence electrons. The van der Waals surface area contributed by atoms with E-state index in [2.05, 4.69) is 4.98 Å². The smallest absolute Gasteiger partial charge is 0.0907 e. The van der Waals surface area contributed by atoms with Gasteiger partial charge in [0.15, 0.2) is 0 Å². The molecule has 2 rings (SSSR count). The summed E-state index contributed by atoms with van der Waals surface area (Å²) in [4.78, 5) is 4.31. The van der Waals surface area contributed by atoms with Crippen molar-refractivity contribution < 1.29 is 0 Å².